The van der Waals surface area contributed by atoms with Crippen LogP contribution in [0.25, 0.3) is 11.3 Å². The Morgan fingerprint density at radius 2 is 1.86 bits per heavy atom. The molecule has 0 unspecified atom stereocenters. The maximum absolute atomic E-state index is 11.7. The number of carboxylic acids is 1. The van der Waals surface area contributed by atoms with Gasteiger partial charge < -0.3 is 10.0 Å². The molecule has 2 heterocycles. The van der Waals surface area contributed by atoms with Gasteiger partial charge in [-0.25, -0.2) is 4.79 Å². The Morgan fingerprint density at radius 1 is 1.17 bits per heavy atom. The van der Waals surface area contributed by atoms with Gasteiger partial charge in [0.1, 0.15) is 0 Å². The molecule has 3 rings (SSSR count). The highest BCUT2D eigenvalue weighted by Gasteiger charge is 2.38. The lowest BCUT2D eigenvalue weighted by molar-refractivity contribution is -0.192. The number of nitrogens with zero attached hydrogens (tertiary/aromatic N) is 2. The van der Waals surface area contributed by atoms with E-state index in [2.05, 4.69) is 29.2 Å². The number of hydrogen-bond acceptors (Lipinski definition) is 4. The molecule has 1 N–H and O–H groups in total. The van der Waals surface area contributed by atoms with Crippen LogP contribution in [0.5, 0.6) is 0 Å². The Morgan fingerprint density at radius 3 is 2.41 bits per heavy atom. The third kappa shape index (κ3) is 7.77. The molecule has 0 radical (unpaired) electrons. The Kier molecular flexibility index (Phi) is 8.50. The summed E-state index contributed by atoms with van der Waals surface area (Å²) in [6.45, 7) is 1.76. The lowest BCUT2D eigenvalue weighted by Gasteiger charge is -2.26. The van der Waals surface area contributed by atoms with E-state index in [0.29, 0.717) is 5.75 Å². The quantitative estimate of drug-likeness (QED) is 0.786. The molecule has 0 spiro atoms. The molecular formula is C20H21F3N2O3S. The Hall–Kier alpha value is -2.55. The first-order chi connectivity index (χ1) is 13.8. The predicted octanol–water partition coefficient (Wildman–Crippen LogP) is 3.89. The topological polar surface area (TPSA) is 70.5 Å². The number of carboxylic acid groups (broad SMARTS) is 1. The van der Waals surface area contributed by atoms with Crippen molar-refractivity contribution >= 4 is 23.6 Å². The van der Waals surface area contributed by atoms with Gasteiger partial charge in [-0.1, -0.05) is 36.4 Å². The molecule has 2 aromatic rings. The molecule has 0 aliphatic carbocycles. The van der Waals surface area contributed by atoms with Crippen LogP contribution in [-0.4, -0.2) is 57.6 Å². The van der Waals surface area contributed by atoms with Crippen LogP contribution in [0, 0.1) is 0 Å². The van der Waals surface area contributed by atoms with Crippen molar-refractivity contribution in [3.05, 3.63) is 54.2 Å². The van der Waals surface area contributed by atoms with Crippen LogP contribution < -0.4 is 0 Å². The van der Waals surface area contributed by atoms with Crippen molar-refractivity contribution in [1.82, 2.24) is 9.88 Å². The number of carbonyl (C=O) groups is 2. The lowest BCUT2D eigenvalue weighted by Crippen LogP contribution is -2.38. The molecule has 0 saturated carbocycles. The molecule has 0 atom stereocenters. The molecule has 1 aromatic carbocycles. The highest BCUT2D eigenvalue weighted by atomic mass is 32.2. The van der Waals surface area contributed by atoms with E-state index in [0.717, 1.165) is 42.9 Å². The molecule has 1 aromatic heterocycles. The van der Waals surface area contributed by atoms with Gasteiger partial charge in [-0.05, 0) is 24.5 Å². The number of rotatable bonds is 5. The van der Waals surface area contributed by atoms with E-state index < -0.39 is 12.1 Å². The molecule has 1 aliphatic heterocycles. The van der Waals surface area contributed by atoms with E-state index in [1.54, 1.807) is 11.8 Å². The van der Waals surface area contributed by atoms with Crippen molar-refractivity contribution in [2.75, 3.05) is 24.6 Å². The van der Waals surface area contributed by atoms with Crippen molar-refractivity contribution in [3.63, 3.8) is 0 Å². The van der Waals surface area contributed by atoms with E-state index in [9.17, 15) is 18.0 Å². The number of thioether (sulfide) groups is 1. The van der Waals surface area contributed by atoms with Gasteiger partial charge in [0.25, 0.3) is 0 Å². The predicted molar refractivity (Wildman–Crippen MR) is 106 cm³/mol. The second kappa shape index (κ2) is 10.8. The third-order valence-electron chi connectivity index (χ3n) is 4.11. The van der Waals surface area contributed by atoms with Gasteiger partial charge in [-0.3, -0.25) is 9.78 Å². The number of amides is 1. The summed E-state index contributed by atoms with van der Waals surface area (Å²) in [6, 6.07) is 14.4. The van der Waals surface area contributed by atoms with Gasteiger partial charge in [-0.15, -0.1) is 0 Å². The van der Waals surface area contributed by atoms with Crippen molar-refractivity contribution in [3.8, 4) is 11.3 Å². The van der Waals surface area contributed by atoms with Crippen LogP contribution in [0.15, 0.2) is 48.7 Å². The van der Waals surface area contributed by atoms with Gasteiger partial charge in [0, 0.05) is 30.6 Å². The van der Waals surface area contributed by atoms with Crippen molar-refractivity contribution in [1.29, 1.82) is 0 Å². The number of hydrogen-bond donors (Lipinski definition) is 1. The van der Waals surface area contributed by atoms with Gasteiger partial charge in [-0.2, -0.15) is 24.9 Å². The summed E-state index contributed by atoms with van der Waals surface area (Å²) in [4.78, 5) is 27.2. The van der Waals surface area contributed by atoms with E-state index in [1.165, 1.54) is 5.56 Å². The standard InChI is InChI=1S/C18H20N2OS.C2HF3O2/c21-18-14-22-12-11-20(18)10-4-5-15-8-9-17(19-13-15)16-6-2-1-3-7-16;3-2(4,5)1(6)7/h1-3,6-9,13H,4-5,10-12,14H2;(H,6,7). The maximum atomic E-state index is 11.7. The van der Waals surface area contributed by atoms with Crippen LogP contribution in [0.4, 0.5) is 13.2 Å². The largest absolute Gasteiger partial charge is 0.490 e. The molecule has 1 amide bonds. The molecular weight excluding hydrogens is 405 g/mol. The first-order valence-electron chi connectivity index (χ1n) is 8.93. The third-order valence-corrected chi connectivity index (χ3v) is 5.04. The minimum Gasteiger partial charge on any atom is -0.475 e. The summed E-state index contributed by atoms with van der Waals surface area (Å²) in [5, 5.41) is 7.12. The number of benzene rings is 1. The zero-order valence-corrected chi connectivity index (χ0v) is 16.4. The van der Waals surface area contributed by atoms with Crippen molar-refractivity contribution < 1.29 is 27.9 Å². The van der Waals surface area contributed by atoms with E-state index in [1.807, 2.05) is 29.3 Å². The molecule has 1 fully saturated rings. The van der Waals surface area contributed by atoms with Crippen LogP contribution in [0.3, 0.4) is 0 Å². The second-order valence-corrected chi connectivity index (χ2v) is 7.36. The highest BCUT2D eigenvalue weighted by molar-refractivity contribution is 8.00. The number of pyridine rings is 1. The fourth-order valence-electron chi connectivity index (χ4n) is 2.61. The zero-order valence-electron chi connectivity index (χ0n) is 15.6. The summed E-state index contributed by atoms with van der Waals surface area (Å²) in [7, 11) is 0. The summed E-state index contributed by atoms with van der Waals surface area (Å²) in [5.41, 5.74) is 3.39. The minimum absolute atomic E-state index is 0.286. The molecule has 0 bridgehead atoms. The van der Waals surface area contributed by atoms with Gasteiger partial charge in [0.05, 0.1) is 11.4 Å². The first kappa shape index (κ1) is 22.7. The summed E-state index contributed by atoms with van der Waals surface area (Å²) >= 11 is 1.73. The number of carbonyl (C=O) groups excluding carboxylic acids is 1. The molecule has 29 heavy (non-hydrogen) atoms. The highest BCUT2D eigenvalue weighted by Crippen LogP contribution is 2.17. The van der Waals surface area contributed by atoms with Gasteiger partial charge in [0.15, 0.2) is 0 Å². The van der Waals surface area contributed by atoms with Crippen LogP contribution in [0.2, 0.25) is 0 Å². The summed E-state index contributed by atoms with van der Waals surface area (Å²) in [6.07, 6.45) is -1.15. The van der Waals surface area contributed by atoms with E-state index in [-0.39, 0.29) is 5.91 Å². The van der Waals surface area contributed by atoms with E-state index in [4.69, 9.17) is 9.90 Å². The average molecular weight is 426 g/mol. The minimum atomic E-state index is -5.08. The number of aliphatic carboxylic acids is 1. The first-order valence-corrected chi connectivity index (χ1v) is 10.1. The Bertz CT molecular complexity index is 799. The molecule has 9 heteroatoms. The SMILES string of the molecule is O=C(O)C(F)(F)F.O=C1CSCCN1CCCc1ccc(-c2ccccc2)nc1. The molecule has 5 nitrogen and oxygen atoms in total. The lowest BCUT2D eigenvalue weighted by atomic mass is 10.1. The normalized spacial score (nSPS) is 14.2. The van der Waals surface area contributed by atoms with Crippen LogP contribution in [-0.2, 0) is 16.0 Å². The summed E-state index contributed by atoms with van der Waals surface area (Å²) < 4.78 is 31.7. The van der Waals surface area contributed by atoms with Crippen LogP contribution in [0.1, 0.15) is 12.0 Å². The van der Waals surface area contributed by atoms with E-state index >= 15 is 0 Å². The fourth-order valence-corrected chi connectivity index (χ4v) is 3.46. The van der Waals surface area contributed by atoms with Crippen molar-refractivity contribution in [2.45, 2.75) is 19.0 Å². The fraction of sp³-hybridized carbons (Fsp3) is 0.350. The molecule has 156 valence electrons. The number of aryl methyl sites for hydroxylation is 1. The maximum Gasteiger partial charge on any atom is 0.490 e. The monoisotopic (exact) mass is 426 g/mol. The Balaban J connectivity index is 0.000000370. The zero-order chi connectivity index (χ0) is 21.3. The molecule has 1 aliphatic rings. The second-order valence-electron chi connectivity index (χ2n) is 6.26. The molecule has 1 saturated heterocycles. The van der Waals surface area contributed by atoms with Gasteiger partial charge in [0.2, 0.25) is 5.91 Å². The smallest absolute Gasteiger partial charge is 0.475 e. The van der Waals surface area contributed by atoms with Crippen LogP contribution >= 0.6 is 11.8 Å². The average Bonchev–Trinajstić information content (AvgIpc) is 2.70. The van der Waals surface area contributed by atoms with Crippen molar-refractivity contribution in [2.24, 2.45) is 0 Å². The number of aromatic nitrogens is 1. The summed E-state index contributed by atoms with van der Waals surface area (Å²) in [5.74, 6) is -0.756. The number of halogens is 3. The number of alkyl halides is 3. The van der Waals surface area contributed by atoms with Gasteiger partial charge >= 0.3 is 12.1 Å². The Labute approximate surface area is 170 Å².